The van der Waals surface area contributed by atoms with Gasteiger partial charge in [0.25, 0.3) is 5.91 Å². The van der Waals surface area contributed by atoms with E-state index in [1.165, 1.54) is 19.1 Å². The van der Waals surface area contributed by atoms with E-state index in [9.17, 15) is 18.8 Å². The van der Waals surface area contributed by atoms with Crippen LogP contribution < -0.4 is 5.32 Å². The summed E-state index contributed by atoms with van der Waals surface area (Å²) in [5.74, 6) is -3.60. The van der Waals surface area contributed by atoms with Crippen molar-refractivity contribution in [2.45, 2.75) is 26.3 Å². The fourth-order valence-electron chi connectivity index (χ4n) is 1.80. The highest BCUT2D eigenvalue weighted by atomic mass is 19.1. The first-order chi connectivity index (χ1) is 10.3. The van der Waals surface area contributed by atoms with Gasteiger partial charge in [-0.25, -0.2) is 9.18 Å². The quantitative estimate of drug-likeness (QED) is 0.746. The van der Waals surface area contributed by atoms with Gasteiger partial charge in [-0.15, -0.1) is 0 Å². The van der Waals surface area contributed by atoms with Crippen molar-refractivity contribution < 1.29 is 28.6 Å². The van der Waals surface area contributed by atoms with Crippen LogP contribution in [0, 0.1) is 11.7 Å². The molecule has 0 fully saturated rings. The number of amides is 1. The molecule has 0 aromatic heterocycles. The third-order valence-electron chi connectivity index (χ3n) is 2.99. The van der Waals surface area contributed by atoms with Gasteiger partial charge in [-0.05, 0) is 37.6 Å². The van der Waals surface area contributed by atoms with Crippen LogP contribution in [-0.2, 0) is 14.3 Å². The first-order valence-electron chi connectivity index (χ1n) is 6.81. The highest BCUT2D eigenvalue weighted by molar-refractivity contribution is 5.96. The van der Waals surface area contributed by atoms with Gasteiger partial charge in [-0.2, -0.15) is 0 Å². The van der Waals surface area contributed by atoms with Crippen LogP contribution in [0.15, 0.2) is 24.3 Å². The monoisotopic (exact) mass is 311 g/mol. The maximum atomic E-state index is 12.8. The van der Waals surface area contributed by atoms with Gasteiger partial charge in [0.05, 0.1) is 12.5 Å². The zero-order valence-corrected chi connectivity index (χ0v) is 12.3. The standard InChI is InChI=1S/C15H18FNO5/c1-3-22-15(21)9(2)8-12(14(19)20)17-13(18)10-4-6-11(16)7-5-10/h4-7,9,12H,3,8H2,1-2H3,(H,17,18)(H,19,20)/t9-,12+/m0/s1. The molecule has 0 spiro atoms. The van der Waals surface area contributed by atoms with Crippen molar-refractivity contribution in [1.82, 2.24) is 5.32 Å². The SMILES string of the molecule is CCOC(=O)[C@@H](C)C[C@@H](NC(=O)c1ccc(F)cc1)C(=O)O. The van der Waals surface area contributed by atoms with Crippen molar-refractivity contribution in [2.24, 2.45) is 5.92 Å². The molecule has 1 rings (SSSR count). The largest absolute Gasteiger partial charge is 0.480 e. The second kappa shape index (κ2) is 8.11. The maximum absolute atomic E-state index is 12.8. The second-order valence-electron chi connectivity index (χ2n) is 4.76. The molecule has 6 nitrogen and oxygen atoms in total. The summed E-state index contributed by atoms with van der Waals surface area (Å²) in [5, 5.41) is 11.5. The molecular weight excluding hydrogens is 293 g/mol. The van der Waals surface area contributed by atoms with E-state index in [0.29, 0.717) is 0 Å². The molecule has 0 saturated carbocycles. The highest BCUT2D eigenvalue weighted by Crippen LogP contribution is 2.10. The van der Waals surface area contributed by atoms with Crippen LogP contribution in [0.5, 0.6) is 0 Å². The average Bonchev–Trinajstić information content (AvgIpc) is 2.47. The smallest absolute Gasteiger partial charge is 0.326 e. The molecule has 0 unspecified atom stereocenters. The molecule has 2 atom stereocenters. The van der Waals surface area contributed by atoms with E-state index in [1.54, 1.807) is 6.92 Å². The maximum Gasteiger partial charge on any atom is 0.326 e. The topological polar surface area (TPSA) is 92.7 Å². The van der Waals surface area contributed by atoms with Gasteiger partial charge >= 0.3 is 11.9 Å². The molecule has 0 aliphatic carbocycles. The number of esters is 1. The van der Waals surface area contributed by atoms with Crippen molar-refractivity contribution in [3.63, 3.8) is 0 Å². The molecule has 1 aromatic rings. The molecule has 0 radical (unpaired) electrons. The molecule has 0 bridgehead atoms. The molecule has 0 aliphatic heterocycles. The Hall–Kier alpha value is -2.44. The van der Waals surface area contributed by atoms with E-state index in [1.807, 2.05) is 0 Å². The number of carboxylic acids is 1. The number of carboxylic acid groups (broad SMARTS) is 1. The predicted octanol–water partition coefficient (Wildman–Crippen LogP) is 1.60. The average molecular weight is 311 g/mol. The molecule has 1 amide bonds. The van der Waals surface area contributed by atoms with Crippen LogP contribution in [-0.4, -0.2) is 35.6 Å². The number of ether oxygens (including phenoxy) is 1. The lowest BCUT2D eigenvalue weighted by molar-refractivity contribution is -0.148. The van der Waals surface area contributed by atoms with Crippen LogP contribution in [0.3, 0.4) is 0 Å². The van der Waals surface area contributed by atoms with Crippen LogP contribution in [0.1, 0.15) is 30.6 Å². The lowest BCUT2D eigenvalue weighted by Crippen LogP contribution is -2.42. The summed E-state index contributed by atoms with van der Waals surface area (Å²) < 4.78 is 17.6. The number of carbonyl (C=O) groups is 3. The molecular formula is C15H18FNO5. The van der Waals surface area contributed by atoms with Crippen LogP contribution in [0.4, 0.5) is 4.39 Å². The lowest BCUT2D eigenvalue weighted by Gasteiger charge is -2.18. The Labute approximate surface area is 127 Å². The third kappa shape index (κ3) is 5.16. The van der Waals surface area contributed by atoms with Crippen LogP contribution in [0.2, 0.25) is 0 Å². The molecule has 120 valence electrons. The summed E-state index contributed by atoms with van der Waals surface area (Å²) in [6.07, 6.45) is -0.0961. The summed E-state index contributed by atoms with van der Waals surface area (Å²) >= 11 is 0. The number of nitrogens with one attached hydrogen (secondary N) is 1. The van der Waals surface area contributed by atoms with E-state index in [4.69, 9.17) is 9.84 Å². The molecule has 0 saturated heterocycles. The van der Waals surface area contributed by atoms with Gasteiger partial charge in [0.2, 0.25) is 0 Å². The fourth-order valence-corrected chi connectivity index (χ4v) is 1.80. The summed E-state index contributed by atoms with van der Waals surface area (Å²) in [6, 6.07) is 3.46. The van der Waals surface area contributed by atoms with Crippen molar-refractivity contribution in [3.05, 3.63) is 35.6 Å². The molecule has 22 heavy (non-hydrogen) atoms. The number of hydrogen-bond donors (Lipinski definition) is 2. The Morgan fingerprint density at radius 2 is 1.86 bits per heavy atom. The number of aliphatic carboxylic acids is 1. The summed E-state index contributed by atoms with van der Waals surface area (Å²) in [6.45, 7) is 3.37. The van der Waals surface area contributed by atoms with Crippen molar-refractivity contribution >= 4 is 17.8 Å². The summed E-state index contributed by atoms with van der Waals surface area (Å²) in [4.78, 5) is 34.7. The van der Waals surface area contributed by atoms with Gasteiger partial charge in [0.1, 0.15) is 11.9 Å². The van der Waals surface area contributed by atoms with Gasteiger partial charge in [-0.3, -0.25) is 9.59 Å². The molecule has 1 aromatic carbocycles. The Morgan fingerprint density at radius 1 is 1.27 bits per heavy atom. The number of rotatable bonds is 7. The van der Waals surface area contributed by atoms with Crippen LogP contribution in [0.25, 0.3) is 0 Å². The normalized spacial score (nSPS) is 13.0. The minimum atomic E-state index is -1.26. The first-order valence-corrected chi connectivity index (χ1v) is 6.81. The van der Waals surface area contributed by atoms with E-state index >= 15 is 0 Å². The van der Waals surface area contributed by atoms with E-state index in [0.717, 1.165) is 12.1 Å². The zero-order chi connectivity index (χ0) is 16.7. The van der Waals surface area contributed by atoms with Crippen molar-refractivity contribution in [1.29, 1.82) is 0 Å². The fraction of sp³-hybridized carbons (Fsp3) is 0.400. The van der Waals surface area contributed by atoms with Gasteiger partial charge in [0, 0.05) is 5.56 Å². The van der Waals surface area contributed by atoms with Gasteiger partial charge < -0.3 is 15.2 Å². The predicted molar refractivity (Wildman–Crippen MR) is 75.7 cm³/mol. The minimum Gasteiger partial charge on any atom is -0.480 e. The summed E-state index contributed by atoms with van der Waals surface area (Å²) in [5.41, 5.74) is 0.136. The molecule has 0 aliphatic rings. The van der Waals surface area contributed by atoms with E-state index in [-0.39, 0.29) is 18.6 Å². The van der Waals surface area contributed by atoms with Crippen molar-refractivity contribution in [2.75, 3.05) is 6.61 Å². The van der Waals surface area contributed by atoms with Crippen molar-refractivity contribution in [3.8, 4) is 0 Å². The third-order valence-corrected chi connectivity index (χ3v) is 2.99. The lowest BCUT2D eigenvalue weighted by atomic mass is 10.0. The van der Waals surface area contributed by atoms with E-state index in [2.05, 4.69) is 5.32 Å². The van der Waals surface area contributed by atoms with Gasteiger partial charge in [0.15, 0.2) is 0 Å². The Bertz CT molecular complexity index is 543. The van der Waals surface area contributed by atoms with Crippen LogP contribution >= 0.6 is 0 Å². The molecule has 7 heteroatoms. The first kappa shape index (κ1) is 17.6. The Balaban J connectivity index is 2.71. The second-order valence-corrected chi connectivity index (χ2v) is 4.76. The Morgan fingerprint density at radius 3 is 2.36 bits per heavy atom. The van der Waals surface area contributed by atoms with Gasteiger partial charge in [-0.1, -0.05) is 6.92 Å². The minimum absolute atomic E-state index is 0.0961. The Kier molecular flexibility index (Phi) is 6.49. The number of halogens is 1. The number of benzene rings is 1. The molecule has 2 N–H and O–H groups in total. The van der Waals surface area contributed by atoms with E-state index < -0.39 is 35.6 Å². The molecule has 0 heterocycles. The summed E-state index contributed by atoms with van der Waals surface area (Å²) in [7, 11) is 0. The highest BCUT2D eigenvalue weighted by Gasteiger charge is 2.26. The number of carbonyl (C=O) groups excluding carboxylic acids is 2. The number of hydrogen-bond acceptors (Lipinski definition) is 4. The zero-order valence-electron chi connectivity index (χ0n) is 12.3.